The molecule has 4 saturated heterocycles. The molecule has 0 bridgehead atoms. The number of carbonyl (C=O) groups is 4. The van der Waals surface area contributed by atoms with Gasteiger partial charge in [0.25, 0.3) is 17.4 Å². The SMILES string of the molecule is COc1cc(-c2cn(C)c(=O)c3cnccc23)cc(OC)c1CN1CCN(C2CN(CC3CCN(c4ccc5c(c4)C(=O)N(C4CCC(=O)NC4=O)C5=O)C3)C2)CC1. The van der Waals surface area contributed by atoms with Crippen molar-refractivity contribution in [2.24, 2.45) is 13.0 Å². The first kappa shape index (κ1) is 37.9. The van der Waals surface area contributed by atoms with Crippen molar-refractivity contribution in [3.05, 3.63) is 82.0 Å². The molecule has 15 nitrogen and oxygen atoms in total. The van der Waals surface area contributed by atoms with Crippen LogP contribution in [0.25, 0.3) is 21.9 Å². The Morgan fingerprint density at radius 3 is 2.26 bits per heavy atom. The minimum Gasteiger partial charge on any atom is -0.496 e. The summed E-state index contributed by atoms with van der Waals surface area (Å²) < 4.78 is 13.5. The highest BCUT2D eigenvalue weighted by atomic mass is 16.5. The van der Waals surface area contributed by atoms with Crippen molar-refractivity contribution in [3.63, 3.8) is 0 Å². The van der Waals surface area contributed by atoms with Gasteiger partial charge in [-0.3, -0.25) is 53.9 Å². The predicted octanol–water partition coefficient (Wildman–Crippen LogP) is 2.35. The first-order valence-corrected chi connectivity index (χ1v) is 20.1. The van der Waals surface area contributed by atoms with Gasteiger partial charge < -0.3 is 18.9 Å². The van der Waals surface area contributed by atoms with E-state index in [1.807, 2.05) is 30.5 Å². The van der Waals surface area contributed by atoms with Gasteiger partial charge in [-0.25, -0.2) is 0 Å². The van der Waals surface area contributed by atoms with Crippen LogP contribution >= 0.6 is 0 Å². The van der Waals surface area contributed by atoms with E-state index in [4.69, 9.17) is 9.47 Å². The Labute approximate surface area is 336 Å². The van der Waals surface area contributed by atoms with Crippen LogP contribution in [0.2, 0.25) is 0 Å². The Morgan fingerprint density at radius 1 is 0.793 bits per heavy atom. The zero-order valence-electron chi connectivity index (χ0n) is 33.1. The zero-order chi connectivity index (χ0) is 40.2. The van der Waals surface area contributed by atoms with Gasteiger partial charge in [0.15, 0.2) is 0 Å². The first-order valence-electron chi connectivity index (χ1n) is 20.1. The minimum atomic E-state index is -0.966. The molecule has 7 heterocycles. The highest BCUT2D eigenvalue weighted by Gasteiger charge is 2.45. The number of amides is 4. The van der Waals surface area contributed by atoms with Crippen molar-refractivity contribution in [1.29, 1.82) is 0 Å². The summed E-state index contributed by atoms with van der Waals surface area (Å²) in [7, 11) is 5.13. The van der Waals surface area contributed by atoms with Crippen molar-refractivity contribution < 1.29 is 28.7 Å². The number of likely N-dealkylation sites (tertiary alicyclic amines) is 1. The van der Waals surface area contributed by atoms with Crippen molar-refractivity contribution >= 4 is 40.1 Å². The molecule has 4 aromatic rings. The van der Waals surface area contributed by atoms with Gasteiger partial charge in [0.05, 0.1) is 36.3 Å². The average molecular weight is 789 g/mol. The Morgan fingerprint density at radius 2 is 1.53 bits per heavy atom. The highest BCUT2D eigenvalue weighted by Crippen LogP contribution is 2.38. The number of hydrogen-bond donors (Lipinski definition) is 1. The number of rotatable bonds is 10. The molecule has 4 amide bonds. The van der Waals surface area contributed by atoms with Crippen molar-refractivity contribution in [3.8, 4) is 22.6 Å². The molecule has 0 radical (unpaired) electrons. The summed E-state index contributed by atoms with van der Waals surface area (Å²) in [5.41, 5.74) is 4.28. The first-order chi connectivity index (χ1) is 28.1. The molecule has 5 aliphatic rings. The van der Waals surface area contributed by atoms with Crippen LogP contribution in [0, 0.1) is 5.92 Å². The summed E-state index contributed by atoms with van der Waals surface area (Å²) >= 11 is 0. The largest absolute Gasteiger partial charge is 0.496 e. The fourth-order valence-corrected chi connectivity index (χ4v) is 9.51. The molecule has 2 aromatic heterocycles. The molecular weight excluding hydrogens is 741 g/mol. The molecule has 2 aromatic carbocycles. The molecule has 0 spiro atoms. The number of nitrogens with zero attached hydrogens (tertiary/aromatic N) is 7. The summed E-state index contributed by atoms with van der Waals surface area (Å²) in [5, 5.41) is 3.65. The second kappa shape index (κ2) is 15.3. The van der Waals surface area contributed by atoms with Crippen molar-refractivity contribution in [1.82, 2.24) is 34.5 Å². The number of anilines is 1. The third-order valence-corrected chi connectivity index (χ3v) is 12.7. The number of hydrogen-bond acceptors (Lipinski definition) is 12. The highest BCUT2D eigenvalue weighted by molar-refractivity contribution is 6.23. The molecular formula is C43H48N8O7. The molecule has 302 valence electrons. The van der Waals surface area contributed by atoms with Gasteiger partial charge in [-0.15, -0.1) is 0 Å². The van der Waals surface area contributed by atoms with Gasteiger partial charge in [-0.05, 0) is 66.1 Å². The third-order valence-electron chi connectivity index (χ3n) is 12.7. The number of fused-ring (bicyclic) bond motifs is 2. The predicted molar refractivity (Wildman–Crippen MR) is 216 cm³/mol. The lowest BCUT2D eigenvalue weighted by atomic mass is 9.98. The molecule has 0 saturated carbocycles. The normalized spacial score (nSPS) is 22.1. The molecule has 2 atom stereocenters. The lowest BCUT2D eigenvalue weighted by molar-refractivity contribution is -0.136. The molecule has 15 heteroatoms. The lowest BCUT2D eigenvalue weighted by Gasteiger charge is -2.49. The van der Waals surface area contributed by atoms with Crippen LogP contribution in [0.4, 0.5) is 5.69 Å². The van der Waals surface area contributed by atoms with E-state index in [1.165, 1.54) is 0 Å². The van der Waals surface area contributed by atoms with E-state index in [2.05, 4.69) is 29.9 Å². The van der Waals surface area contributed by atoms with Crippen LogP contribution in [0.5, 0.6) is 11.5 Å². The Bertz CT molecular complexity index is 2360. The fraction of sp³-hybridized carbons (Fsp3) is 0.442. The van der Waals surface area contributed by atoms with E-state index in [9.17, 15) is 24.0 Å². The number of imide groups is 2. The number of nitrogens with one attached hydrogen (secondary N) is 1. The van der Waals surface area contributed by atoms with Crippen LogP contribution in [-0.4, -0.2) is 138 Å². The zero-order valence-corrected chi connectivity index (χ0v) is 33.1. The van der Waals surface area contributed by atoms with Crippen LogP contribution in [-0.2, 0) is 23.2 Å². The minimum absolute atomic E-state index is 0.0887. The van der Waals surface area contributed by atoms with Gasteiger partial charge in [0, 0.05) is 115 Å². The number of benzene rings is 2. The van der Waals surface area contributed by atoms with Gasteiger partial charge in [-0.2, -0.15) is 0 Å². The standard InChI is InChI=1S/C43H48N8O7/c1-46-24-34(30-8-10-44-19-33(30)41(46)54)27-16-37(57-2)35(38(17-27)58-3)25-47-12-14-49(15-13-47)29-22-48(23-29)20-26-9-11-50(21-26)28-4-5-31-32(18-28)43(56)51(42(31)55)36-6-7-39(52)45-40(36)53/h4-5,8,10,16-19,24,26,29,36H,6-7,9,11-15,20-23,25H2,1-3H3,(H,45,52,53). The molecule has 9 rings (SSSR count). The van der Waals surface area contributed by atoms with Crippen molar-refractivity contribution in [2.75, 3.05) is 78.0 Å². The van der Waals surface area contributed by atoms with Crippen LogP contribution < -0.4 is 25.2 Å². The van der Waals surface area contributed by atoms with Gasteiger partial charge in [-0.1, -0.05) is 0 Å². The maximum atomic E-state index is 13.4. The second-order valence-corrected chi connectivity index (χ2v) is 16.2. The van der Waals surface area contributed by atoms with Crippen LogP contribution in [0.1, 0.15) is 45.5 Å². The van der Waals surface area contributed by atoms with Crippen molar-refractivity contribution in [2.45, 2.75) is 37.9 Å². The van der Waals surface area contributed by atoms with Gasteiger partial charge in [0.2, 0.25) is 11.8 Å². The smallest absolute Gasteiger partial charge is 0.262 e. The number of pyridine rings is 2. The number of aryl methyl sites for hydroxylation is 1. The van der Waals surface area contributed by atoms with E-state index in [0.29, 0.717) is 35.0 Å². The third kappa shape index (κ3) is 6.80. The topological polar surface area (TPSA) is 150 Å². The average Bonchev–Trinajstić information content (AvgIpc) is 3.79. The quantitative estimate of drug-likeness (QED) is 0.235. The molecule has 0 aliphatic carbocycles. The number of piperazine rings is 1. The summed E-state index contributed by atoms with van der Waals surface area (Å²) in [4.78, 5) is 78.5. The molecule has 2 unspecified atom stereocenters. The van der Waals surface area contributed by atoms with E-state index in [-0.39, 0.29) is 24.3 Å². The number of piperidine rings is 1. The maximum absolute atomic E-state index is 13.4. The monoisotopic (exact) mass is 788 g/mol. The number of aromatic nitrogens is 2. The summed E-state index contributed by atoms with van der Waals surface area (Å²) in [6.07, 6.45) is 6.47. The van der Waals surface area contributed by atoms with E-state index < -0.39 is 23.8 Å². The fourth-order valence-electron chi connectivity index (χ4n) is 9.51. The van der Waals surface area contributed by atoms with Gasteiger partial charge >= 0.3 is 0 Å². The summed E-state index contributed by atoms with van der Waals surface area (Å²) in [6, 6.07) is 10.9. The molecule has 5 aliphatic heterocycles. The van der Waals surface area contributed by atoms with E-state index >= 15 is 0 Å². The molecule has 1 N–H and O–H groups in total. The Hall–Kier alpha value is -5.64. The Kier molecular flexibility index (Phi) is 9.98. The van der Waals surface area contributed by atoms with Gasteiger partial charge in [0.1, 0.15) is 17.5 Å². The number of methoxy groups -OCH3 is 2. The maximum Gasteiger partial charge on any atom is 0.262 e. The summed E-state index contributed by atoms with van der Waals surface area (Å²) in [6.45, 7) is 9.49. The molecule has 58 heavy (non-hydrogen) atoms. The number of ether oxygens (including phenoxy) is 2. The summed E-state index contributed by atoms with van der Waals surface area (Å²) in [5.74, 6) is 0.0738. The van der Waals surface area contributed by atoms with Crippen LogP contribution in [0.15, 0.2) is 59.8 Å². The Balaban J connectivity index is 0.768. The molecule has 4 fully saturated rings. The van der Waals surface area contributed by atoms with Crippen LogP contribution in [0.3, 0.4) is 0 Å². The number of carbonyl (C=O) groups excluding carboxylic acids is 4. The lowest BCUT2D eigenvalue weighted by Crippen LogP contribution is -2.63. The van der Waals surface area contributed by atoms with E-state index in [1.54, 1.807) is 50.4 Å². The second-order valence-electron chi connectivity index (χ2n) is 16.2. The van der Waals surface area contributed by atoms with E-state index in [0.717, 1.165) is 109 Å².